The first kappa shape index (κ1) is 26.9. The van der Waals surface area contributed by atoms with Gasteiger partial charge in [0, 0.05) is 48.3 Å². The highest BCUT2D eigenvalue weighted by molar-refractivity contribution is 9.10. The van der Waals surface area contributed by atoms with Crippen LogP contribution in [0.4, 0.5) is 10.5 Å². The number of hydrogen-bond acceptors (Lipinski definition) is 5. The third-order valence-electron chi connectivity index (χ3n) is 5.26. The number of rotatable bonds is 6. The maximum absolute atomic E-state index is 13.1. The van der Waals surface area contributed by atoms with Gasteiger partial charge < -0.3 is 25.6 Å². The zero-order valence-electron chi connectivity index (χ0n) is 19.5. The number of carbonyl (C=O) groups is 3. The van der Waals surface area contributed by atoms with E-state index in [0.717, 1.165) is 5.56 Å². The molecule has 0 aliphatic carbocycles. The minimum atomic E-state index is -0.589. The Morgan fingerprint density at radius 3 is 2.52 bits per heavy atom. The zero-order valence-corrected chi connectivity index (χ0v) is 21.1. The Bertz CT molecular complexity index is 813. The van der Waals surface area contributed by atoms with Gasteiger partial charge in [-0.05, 0) is 47.0 Å². The van der Waals surface area contributed by atoms with Crippen LogP contribution in [0.15, 0.2) is 16.6 Å². The first-order valence-corrected chi connectivity index (χ1v) is 11.3. The fourth-order valence-corrected chi connectivity index (χ4v) is 3.86. The summed E-state index contributed by atoms with van der Waals surface area (Å²) in [5, 5.41) is 2.59. The molecule has 1 aromatic rings. The lowest BCUT2D eigenvalue weighted by Crippen LogP contribution is -2.49. The second kappa shape index (κ2) is 11.5. The standard InChI is InChI=1S/C20H29BrN4O4.C2H6/c1-12(11-22)24(4)17(26)14-9-16-13(8-15(14)21)10-20(2,3)18(27)25(16)7-6-23-19(28)29-5;1-2/h8-9,12H,6-7,10-11,22H2,1-5H3,(H,23,28);1-2H3/t12-;/m1./s1. The van der Waals surface area contributed by atoms with Gasteiger partial charge in [-0.25, -0.2) is 4.79 Å². The molecule has 1 aliphatic rings. The number of halogens is 1. The molecule has 2 rings (SSSR count). The predicted octanol–water partition coefficient (Wildman–Crippen LogP) is 3.17. The van der Waals surface area contributed by atoms with Gasteiger partial charge in [-0.2, -0.15) is 0 Å². The predicted molar refractivity (Wildman–Crippen MR) is 126 cm³/mol. The Morgan fingerprint density at radius 1 is 1.35 bits per heavy atom. The van der Waals surface area contributed by atoms with Crippen LogP contribution < -0.4 is 16.0 Å². The van der Waals surface area contributed by atoms with Crippen molar-refractivity contribution in [3.8, 4) is 0 Å². The highest BCUT2D eigenvalue weighted by atomic mass is 79.9. The largest absolute Gasteiger partial charge is 0.453 e. The van der Waals surface area contributed by atoms with Crippen molar-refractivity contribution in [3.63, 3.8) is 0 Å². The molecule has 8 nitrogen and oxygen atoms in total. The monoisotopic (exact) mass is 498 g/mol. The Hall–Kier alpha value is -2.13. The third-order valence-corrected chi connectivity index (χ3v) is 5.91. The zero-order chi connectivity index (χ0) is 23.9. The van der Waals surface area contributed by atoms with Gasteiger partial charge in [0.15, 0.2) is 0 Å². The molecule has 0 fully saturated rings. The molecule has 0 spiro atoms. The van der Waals surface area contributed by atoms with E-state index in [1.807, 2.05) is 40.7 Å². The molecule has 3 amide bonds. The van der Waals surface area contributed by atoms with E-state index in [1.165, 1.54) is 7.11 Å². The molecule has 1 atom stereocenters. The normalized spacial score (nSPS) is 15.3. The first-order chi connectivity index (χ1) is 14.5. The fraction of sp³-hybridized carbons (Fsp3) is 0.591. The molecule has 0 bridgehead atoms. The van der Waals surface area contributed by atoms with Crippen molar-refractivity contribution < 1.29 is 19.1 Å². The minimum absolute atomic E-state index is 0.0546. The van der Waals surface area contributed by atoms with Crippen LogP contribution in [0.5, 0.6) is 0 Å². The average Bonchev–Trinajstić information content (AvgIpc) is 2.75. The molecule has 0 radical (unpaired) electrons. The lowest BCUT2D eigenvalue weighted by Gasteiger charge is -2.39. The number of fused-ring (bicyclic) bond motifs is 1. The lowest BCUT2D eigenvalue weighted by molar-refractivity contribution is -0.127. The number of nitrogens with zero attached hydrogens (tertiary/aromatic N) is 2. The first-order valence-electron chi connectivity index (χ1n) is 10.5. The number of benzene rings is 1. The molecular weight excluding hydrogens is 464 g/mol. The molecule has 9 heteroatoms. The second-order valence-electron chi connectivity index (χ2n) is 7.90. The van der Waals surface area contributed by atoms with E-state index in [0.29, 0.717) is 28.7 Å². The van der Waals surface area contributed by atoms with Crippen molar-refractivity contribution in [2.75, 3.05) is 38.7 Å². The summed E-state index contributed by atoms with van der Waals surface area (Å²) in [6.45, 7) is 10.5. The second-order valence-corrected chi connectivity index (χ2v) is 8.75. The summed E-state index contributed by atoms with van der Waals surface area (Å²) in [5.74, 6) is -0.233. The van der Waals surface area contributed by atoms with Crippen LogP contribution in [-0.2, 0) is 16.0 Å². The van der Waals surface area contributed by atoms with E-state index in [-0.39, 0.29) is 30.9 Å². The summed E-state index contributed by atoms with van der Waals surface area (Å²) in [6, 6.07) is 3.52. The van der Waals surface area contributed by atoms with Gasteiger partial charge in [-0.3, -0.25) is 9.59 Å². The van der Waals surface area contributed by atoms with Gasteiger partial charge in [-0.1, -0.05) is 27.7 Å². The number of anilines is 1. The van der Waals surface area contributed by atoms with E-state index in [9.17, 15) is 14.4 Å². The van der Waals surface area contributed by atoms with Gasteiger partial charge in [0.1, 0.15) is 0 Å². The molecule has 3 N–H and O–H groups in total. The van der Waals surface area contributed by atoms with Gasteiger partial charge in [-0.15, -0.1) is 0 Å². The molecule has 1 aliphatic heterocycles. The molecule has 1 heterocycles. The van der Waals surface area contributed by atoms with Crippen LogP contribution >= 0.6 is 15.9 Å². The van der Waals surface area contributed by atoms with Crippen molar-refractivity contribution in [2.45, 2.75) is 47.1 Å². The highest BCUT2D eigenvalue weighted by Gasteiger charge is 2.39. The molecule has 0 saturated carbocycles. The van der Waals surface area contributed by atoms with E-state index in [2.05, 4.69) is 26.0 Å². The van der Waals surface area contributed by atoms with Crippen molar-refractivity contribution in [3.05, 3.63) is 27.7 Å². The van der Waals surface area contributed by atoms with Crippen LogP contribution in [0.2, 0.25) is 0 Å². The Kier molecular flexibility index (Phi) is 9.96. The number of alkyl carbamates (subject to hydrolysis) is 1. The number of nitrogens with two attached hydrogens (primary N) is 1. The number of amides is 3. The summed E-state index contributed by atoms with van der Waals surface area (Å²) in [7, 11) is 2.99. The topological polar surface area (TPSA) is 105 Å². The lowest BCUT2D eigenvalue weighted by atomic mass is 9.80. The summed E-state index contributed by atoms with van der Waals surface area (Å²) < 4.78 is 5.26. The smallest absolute Gasteiger partial charge is 0.406 e. The fourth-order valence-electron chi connectivity index (χ4n) is 3.30. The number of hydrogen-bond donors (Lipinski definition) is 2. The Labute approximate surface area is 193 Å². The van der Waals surface area contributed by atoms with E-state index in [4.69, 9.17) is 5.73 Å². The highest BCUT2D eigenvalue weighted by Crippen LogP contribution is 2.40. The molecule has 0 aromatic heterocycles. The number of carbonyl (C=O) groups excluding carboxylic acids is 3. The minimum Gasteiger partial charge on any atom is -0.453 e. The van der Waals surface area contributed by atoms with Crippen LogP contribution in [0.3, 0.4) is 0 Å². The quantitative estimate of drug-likeness (QED) is 0.626. The van der Waals surface area contributed by atoms with E-state index < -0.39 is 11.5 Å². The molecular formula is C22H35BrN4O4. The summed E-state index contributed by atoms with van der Waals surface area (Å²) >= 11 is 3.51. The maximum atomic E-state index is 13.1. The summed E-state index contributed by atoms with van der Waals surface area (Å²) in [6.07, 6.45) is 0.00234. The average molecular weight is 499 g/mol. The summed E-state index contributed by atoms with van der Waals surface area (Å²) in [5.41, 5.74) is 7.21. The SMILES string of the molecule is CC.COC(=O)NCCN1C(=O)C(C)(C)Cc2cc(Br)c(C(=O)N(C)[C@H](C)CN)cc21. The van der Waals surface area contributed by atoms with Gasteiger partial charge >= 0.3 is 6.09 Å². The van der Waals surface area contributed by atoms with E-state index in [1.54, 1.807) is 22.9 Å². The van der Waals surface area contributed by atoms with Gasteiger partial charge in [0.2, 0.25) is 5.91 Å². The Balaban J connectivity index is 0.00000233. The molecule has 1 aromatic carbocycles. The van der Waals surface area contributed by atoms with Crippen molar-refractivity contribution in [1.29, 1.82) is 0 Å². The van der Waals surface area contributed by atoms with Crippen LogP contribution in [-0.4, -0.2) is 62.6 Å². The van der Waals surface area contributed by atoms with Gasteiger partial charge in [0.25, 0.3) is 5.91 Å². The summed E-state index contributed by atoms with van der Waals surface area (Å²) in [4.78, 5) is 40.6. The number of likely N-dealkylation sites (N-methyl/N-ethyl adjacent to an activating group) is 1. The molecule has 0 saturated heterocycles. The number of nitrogens with one attached hydrogen (secondary N) is 1. The van der Waals surface area contributed by atoms with Crippen LogP contribution in [0.25, 0.3) is 0 Å². The van der Waals surface area contributed by atoms with Gasteiger partial charge in [0.05, 0.1) is 12.7 Å². The maximum Gasteiger partial charge on any atom is 0.406 e. The van der Waals surface area contributed by atoms with E-state index >= 15 is 0 Å². The van der Waals surface area contributed by atoms with Crippen LogP contribution in [0, 0.1) is 5.41 Å². The van der Waals surface area contributed by atoms with Crippen molar-refractivity contribution in [2.24, 2.45) is 11.1 Å². The van der Waals surface area contributed by atoms with Crippen molar-refractivity contribution >= 4 is 39.5 Å². The third kappa shape index (κ3) is 6.20. The number of methoxy groups -OCH3 is 1. The molecule has 174 valence electrons. The van der Waals surface area contributed by atoms with Crippen molar-refractivity contribution in [1.82, 2.24) is 10.2 Å². The number of ether oxygens (including phenoxy) is 1. The molecule has 31 heavy (non-hydrogen) atoms. The molecule has 0 unspecified atom stereocenters. The van der Waals surface area contributed by atoms with Crippen LogP contribution in [0.1, 0.15) is 50.5 Å². The Morgan fingerprint density at radius 2 is 1.97 bits per heavy atom.